The summed E-state index contributed by atoms with van der Waals surface area (Å²) < 4.78 is 6.54. The number of benzene rings is 6. The Morgan fingerprint density at radius 1 is 0.469 bits per heavy atom. The molecule has 0 radical (unpaired) electrons. The third-order valence-electron chi connectivity index (χ3n) is 8.76. The summed E-state index contributed by atoms with van der Waals surface area (Å²) in [7, 11) is 0. The number of para-hydroxylation sites is 1. The number of aromatic nitrogens is 3. The molecule has 0 amide bonds. The maximum Gasteiger partial charge on any atom is 0.164 e. The Morgan fingerprint density at radius 3 is 1.59 bits per heavy atom. The number of allylic oxidation sites excluding steroid dienone is 1. The average molecular weight is 632 g/mol. The van der Waals surface area contributed by atoms with Gasteiger partial charge in [0.2, 0.25) is 0 Å². The molecule has 1 N–H and O–H groups in total. The van der Waals surface area contributed by atoms with Crippen LogP contribution < -0.4 is 5.32 Å². The molecule has 2 aromatic heterocycles. The Kier molecular flexibility index (Phi) is 7.09. The first-order chi connectivity index (χ1) is 24.3. The first-order valence-electron chi connectivity index (χ1n) is 16.3. The van der Waals surface area contributed by atoms with Gasteiger partial charge in [-0.3, -0.25) is 4.99 Å². The van der Waals surface area contributed by atoms with Gasteiger partial charge in [0.05, 0.1) is 5.71 Å². The van der Waals surface area contributed by atoms with Gasteiger partial charge in [0, 0.05) is 38.7 Å². The largest absolute Gasteiger partial charge is 0.456 e. The summed E-state index contributed by atoms with van der Waals surface area (Å²) in [4.78, 5) is 20.3. The molecule has 1 aliphatic heterocycles. The normalized spacial score (nSPS) is 14.3. The third kappa shape index (κ3) is 5.45. The number of nitrogens with zero attached hydrogens (tertiary/aromatic N) is 4. The van der Waals surface area contributed by atoms with Crippen molar-refractivity contribution in [1.29, 1.82) is 0 Å². The van der Waals surface area contributed by atoms with E-state index < -0.39 is 6.17 Å². The second-order valence-electron chi connectivity index (χ2n) is 11.9. The van der Waals surface area contributed by atoms with Crippen LogP contribution in [0.4, 0.5) is 0 Å². The molecule has 232 valence electrons. The van der Waals surface area contributed by atoms with Crippen molar-refractivity contribution >= 4 is 33.3 Å². The maximum atomic E-state index is 6.54. The lowest BCUT2D eigenvalue weighted by atomic mass is 9.97. The molecule has 0 spiro atoms. The van der Waals surface area contributed by atoms with Crippen molar-refractivity contribution in [3.05, 3.63) is 180 Å². The van der Waals surface area contributed by atoms with Gasteiger partial charge in [0.15, 0.2) is 17.5 Å². The minimum Gasteiger partial charge on any atom is -0.456 e. The molecule has 1 unspecified atom stereocenters. The van der Waals surface area contributed by atoms with Crippen molar-refractivity contribution in [3.63, 3.8) is 0 Å². The summed E-state index contributed by atoms with van der Waals surface area (Å²) in [5.41, 5.74) is 9.17. The highest BCUT2D eigenvalue weighted by Gasteiger charge is 2.25. The van der Waals surface area contributed by atoms with Gasteiger partial charge in [-0.25, -0.2) is 15.0 Å². The maximum absolute atomic E-state index is 6.54. The fraction of sp³-hybridized carbons (Fsp3) is 0.0233. The van der Waals surface area contributed by atoms with E-state index in [4.69, 9.17) is 24.4 Å². The standard InChI is InChI=1S/C43H29N5O/c1-5-15-28(16-6-1)35-27-36(29-17-7-2-8-18-29)45-43(44-35)34-25-32(26-38-39(34)33-23-13-14-24-37(33)49-38)42-47-40(30-19-9-3-10-20-30)46-41(48-42)31-21-11-4-12-22-31/h1-27,43-44H. The molecule has 0 saturated heterocycles. The molecule has 6 aromatic carbocycles. The molecule has 0 fully saturated rings. The van der Waals surface area contributed by atoms with Gasteiger partial charge in [-0.1, -0.05) is 140 Å². The van der Waals surface area contributed by atoms with Crippen LogP contribution in [0.15, 0.2) is 173 Å². The minimum atomic E-state index is -0.428. The summed E-state index contributed by atoms with van der Waals surface area (Å²) in [6.45, 7) is 0. The number of aliphatic imine (C=N–C) groups is 1. The molecule has 1 atom stereocenters. The molecule has 6 heteroatoms. The number of fused-ring (bicyclic) bond motifs is 3. The second kappa shape index (κ2) is 12.2. The molecule has 0 aliphatic carbocycles. The number of nitrogens with one attached hydrogen (secondary N) is 1. The van der Waals surface area contributed by atoms with E-state index in [0.717, 1.165) is 66.7 Å². The van der Waals surface area contributed by atoms with Gasteiger partial charge in [0.1, 0.15) is 17.3 Å². The van der Waals surface area contributed by atoms with Gasteiger partial charge in [0.25, 0.3) is 0 Å². The summed E-state index contributed by atoms with van der Waals surface area (Å²) in [6, 6.07) is 53.1. The van der Waals surface area contributed by atoms with E-state index in [2.05, 4.69) is 59.9 Å². The lowest BCUT2D eigenvalue weighted by Gasteiger charge is -2.26. The van der Waals surface area contributed by atoms with Crippen LogP contribution in [-0.2, 0) is 0 Å². The first-order valence-corrected chi connectivity index (χ1v) is 16.3. The van der Waals surface area contributed by atoms with E-state index in [1.807, 2.05) is 109 Å². The van der Waals surface area contributed by atoms with Gasteiger partial charge < -0.3 is 9.73 Å². The topological polar surface area (TPSA) is 76.2 Å². The SMILES string of the molecule is C1=C(c2ccccc2)NC(c2cc(-c3nc(-c4ccccc4)nc(-c4ccccc4)n3)cc3oc4ccccc4c23)N=C1c1ccccc1. The molecule has 1 aliphatic rings. The highest BCUT2D eigenvalue weighted by molar-refractivity contribution is 6.14. The van der Waals surface area contributed by atoms with E-state index in [1.165, 1.54) is 0 Å². The quantitative estimate of drug-likeness (QED) is 0.198. The highest BCUT2D eigenvalue weighted by Crippen LogP contribution is 2.40. The molecular weight excluding hydrogens is 603 g/mol. The van der Waals surface area contributed by atoms with E-state index in [-0.39, 0.29) is 0 Å². The fourth-order valence-corrected chi connectivity index (χ4v) is 6.40. The minimum absolute atomic E-state index is 0.428. The molecule has 0 saturated carbocycles. The highest BCUT2D eigenvalue weighted by atomic mass is 16.3. The summed E-state index contributed by atoms with van der Waals surface area (Å²) in [5, 5.41) is 5.79. The number of rotatable bonds is 6. The summed E-state index contributed by atoms with van der Waals surface area (Å²) in [6.07, 6.45) is 1.70. The van der Waals surface area contributed by atoms with Gasteiger partial charge >= 0.3 is 0 Å². The van der Waals surface area contributed by atoms with Gasteiger partial charge in [-0.15, -0.1) is 0 Å². The van der Waals surface area contributed by atoms with Crippen molar-refractivity contribution in [3.8, 4) is 34.2 Å². The molecule has 8 aromatic rings. The van der Waals surface area contributed by atoms with Gasteiger partial charge in [-0.2, -0.15) is 0 Å². The zero-order valence-corrected chi connectivity index (χ0v) is 26.4. The number of furan rings is 1. The van der Waals surface area contributed by atoms with Crippen LogP contribution in [-0.4, -0.2) is 20.7 Å². The third-order valence-corrected chi connectivity index (χ3v) is 8.76. The Bertz CT molecular complexity index is 2450. The predicted octanol–water partition coefficient (Wildman–Crippen LogP) is 9.90. The zero-order chi connectivity index (χ0) is 32.6. The van der Waals surface area contributed by atoms with Gasteiger partial charge in [-0.05, 0) is 35.4 Å². The Balaban J connectivity index is 1.28. The molecule has 3 heterocycles. The Morgan fingerprint density at radius 2 is 0.980 bits per heavy atom. The molecule has 49 heavy (non-hydrogen) atoms. The van der Waals surface area contributed by atoms with E-state index in [1.54, 1.807) is 0 Å². The molecular formula is C43H29N5O. The van der Waals surface area contributed by atoms with Crippen LogP contribution in [0.1, 0.15) is 22.9 Å². The monoisotopic (exact) mass is 631 g/mol. The van der Waals surface area contributed by atoms with Crippen molar-refractivity contribution in [2.24, 2.45) is 4.99 Å². The van der Waals surface area contributed by atoms with Crippen LogP contribution in [0.25, 0.3) is 61.8 Å². The lowest BCUT2D eigenvalue weighted by Crippen LogP contribution is -2.25. The fourth-order valence-electron chi connectivity index (χ4n) is 6.40. The van der Waals surface area contributed by atoms with E-state index >= 15 is 0 Å². The van der Waals surface area contributed by atoms with Crippen molar-refractivity contribution in [1.82, 2.24) is 20.3 Å². The lowest BCUT2D eigenvalue weighted by molar-refractivity contribution is 0.658. The average Bonchev–Trinajstić information content (AvgIpc) is 3.57. The molecule has 9 rings (SSSR count). The predicted molar refractivity (Wildman–Crippen MR) is 197 cm³/mol. The smallest absolute Gasteiger partial charge is 0.164 e. The van der Waals surface area contributed by atoms with Crippen LogP contribution in [0.5, 0.6) is 0 Å². The first kappa shape index (κ1) is 28.6. The van der Waals surface area contributed by atoms with Crippen LogP contribution in [0, 0.1) is 0 Å². The number of hydrogen-bond donors (Lipinski definition) is 1. The Hall–Kier alpha value is -6.66. The van der Waals surface area contributed by atoms with Crippen molar-refractivity contribution in [2.75, 3.05) is 0 Å². The number of hydrogen-bond acceptors (Lipinski definition) is 6. The van der Waals surface area contributed by atoms with E-state index in [9.17, 15) is 0 Å². The zero-order valence-electron chi connectivity index (χ0n) is 26.4. The molecule has 0 bridgehead atoms. The van der Waals surface area contributed by atoms with Crippen LogP contribution >= 0.6 is 0 Å². The van der Waals surface area contributed by atoms with Crippen molar-refractivity contribution in [2.45, 2.75) is 6.17 Å². The second-order valence-corrected chi connectivity index (χ2v) is 11.9. The summed E-state index contributed by atoms with van der Waals surface area (Å²) >= 11 is 0. The van der Waals surface area contributed by atoms with Crippen molar-refractivity contribution < 1.29 is 4.42 Å². The Labute approximate surface area is 283 Å². The van der Waals surface area contributed by atoms with Crippen LogP contribution in [0.2, 0.25) is 0 Å². The van der Waals surface area contributed by atoms with Crippen LogP contribution in [0.3, 0.4) is 0 Å². The summed E-state index contributed by atoms with van der Waals surface area (Å²) in [5.74, 6) is 1.76. The van der Waals surface area contributed by atoms with E-state index in [0.29, 0.717) is 17.5 Å². The molecule has 6 nitrogen and oxygen atoms in total.